The predicted octanol–water partition coefficient (Wildman–Crippen LogP) is 2.18. The van der Waals surface area contributed by atoms with Gasteiger partial charge in [0.05, 0.1) is 6.61 Å². The summed E-state index contributed by atoms with van der Waals surface area (Å²) in [7, 11) is 0. The number of benzene rings is 1. The van der Waals surface area contributed by atoms with Crippen molar-refractivity contribution >= 4 is 11.7 Å². The van der Waals surface area contributed by atoms with Gasteiger partial charge in [-0.2, -0.15) is 0 Å². The fourth-order valence-electron chi connectivity index (χ4n) is 2.48. The number of hydrogen-bond donors (Lipinski definition) is 3. The highest BCUT2D eigenvalue weighted by atomic mass is 16.6. The molecule has 1 aromatic rings. The van der Waals surface area contributed by atoms with E-state index in [2.05, 4.69) is 5.32 Å². The molecular formula is C17H23N3O3. The number of carbonyl (C=O) groups is 1. The third-order valence-electron chi connectivity index (χ3n) is 3.68. The summed E-state index contributed by atoms with van der Waals surface area (Å²) in [6, 6.07) is 9.49. The zero-order chi connectivity index (χ0) is 16.7. The molecule has 6 heteroatoms. The van der Waals surface area contributed by atoms with Crippen molar-refractivity contribution in [2.45, 2.75) is 26.3 Å². The third-order valence-corrected chi connectivity index (χ3v) is 3.68. The lowest BCUT2D eigenvalue weighted by Gasteiger charge is -2.21. The number of amidine groups is 1. The van der Waals surface area contributed by atoms with E-state index in [-0.39, 0.29) is 18.0 Å². The molecule has 0 unspecified atom stereocenters. The van der Waals surface area contributed by atoms with Crippen molar-refractivity contribution in [3.05, 3.63) is 47.4 Å². The summed E-state index contributed by atoms with van der Waals surface area (Å²) in [5.74, 6) is -0.981. The Morgan fingerprint density at radius 3 is 2.57 bits per heavy atom. The van der Waals surface area contributed by atoms with Gasteiger partial charge in [0.2, 0.25) is 0 Å². The summed E-state index contributed by atoms with van der Waals surface area (Å²) in [5.41, 5.74) is 0.841. The minimum absolute atomic E-state index is 0.0130. The van der Waals surface area contributed by atoms with Gasteiger partial charge in [-0.15, -0.1) is 0 Å². The molecule has 0 atom stereocenters. The zero-order valence-electron chi connectivity index (χ0n) is 13.3. The lowest BCUT2D eigenvalue weighted by Crippen LogP contribution is -2.37. The van der Waals surface area contributed by atoms with Gasteiger partial charge >= 0.3 is 0 Å². The Hall–Kier alpha value is -2.50. The van der Waals surface area contributed by atoms with Gasteiger partial charge in [0, 0.05) is 19.6 Å². The standard InChI is InChI=1S/C17H23N3O3/c1-2-23-17(22)14(15(18)20-10-6-7-11-20)16(21)19-12-13-8-4-3-5-9-13/h3-5,8-9,18,22H,2,6-7,10-12H2,1H3,(H,19,21)/b17-14+,18-15?. The molecule has 0 saturated carbocycles. The van der Waals surface area contributed by atoms with E-state index in [4.69, 9.17) is 10.1 Å². The Morgan fingerprint density at radius 2 is 1.96 bits per heavy atom. The van der Waals surface area contributed by atoms with Gasteiger partial charge in [0.25, 0.3) is 11.9 Å². The van der Waals surface area contributed by atoms with Crippen LogP contribution in [0, 0.1) is 5.41 Å². The first-order chi connectivity index (χ1) is 11.1. The Balaban J connectivity index is 2.11. The molecule has 0 bridgehead atoms. The fraction of sp³-hybridized carbons (Fsp3) is 0.412. The summed E-state index contributed by atoms with van der Waals surface area (Å²) in [6.07, 6.45) is 1.97. The van der Waals surface area contributed by atoms with Gasteiger partial charge in [0.1, 0.15) is 5.84 Å². The maximum absolute atomic E-state index is 12.5. The van der Waals surface area contributed by atoms with Crippen LogP contribution in [0.25, 0.3) is 0 Å². The molecule has 0 aromatic heterocycles. The first-order valence-corrected chi connectivity index (χ1v) is 7.85. The van der Waals surface area contributed by atoms with Crippen LogP contribution in [0.4, 0.5) is 0 Å². The molecule has 2 rings (SSSR count). The van der Waals surface area contributed by atoms with Crippen LogP contribution in [-0.4, -0.2) is 41.4 Å². The zero-order valence-corrected chi connectivity index (χ0v) is 13.3. The maximum Gasteiger partial charge on any atom is 0.293 e. The molecule has 0 aliphatic carbocycles. The number of hydrogen-bond acceptors (Lipinski definition) is 4. The van der Waals surface area contributed by atoms with Crippen LogP contribution < -0.4 is 5.32 Å². The quantitative estimate of drug-likeness (QED) is 0.325. The number of likely N-dealkylation sites (tertiary alicyclic amines) is 1. The second-order valence-corrected chi connectivity index (χ2v) is 5.32. The van der Waals surface area contributed by atoms with Crippen LogP contribution in [0.3, 0.4) is 0 Å². The van der Waals surface area contributed by atoms with Crippen LogP contribution in [-0.2, 0) is 16.1 Å². The smallest absolute Gasteiger partial charge is 0.293 e. The van der Waals surface area contributed by atoms with Gasteiger partial charge in [0.15, 0.2) is 5.57 Å². The van der Waals surface area contributed by atoms with Crippen molar-refractivity contribution in [1.29, 1.82) is 5.41 Å². The van der Waals surface area contributed by atoms with Gasteiger partial charge in [-0.25, -0.2) is 0 Å². The highest BCUT2D eigenvalue weighted by Crippen LogP contribution is 2.15. The minimum atomic E-state index is -0.503. The molecule has 1 fully saturated rings. The second kappa shape index (κ2) is 8.22. The first kappa shape index (κ1) is 16.9. The van der Waals surface area contributed by atoms with Crippen molar-refractivity contribution in [2.24, 2.45) is 0 Å². The lowest BCUT2D eigenvalue weighted by atomic mass is 10.2. The van der Waals surface area contributed by atoms with Crippen LogP contribution in [0.1, 0.15) is 25.3 Å². The maximum atomic E-state index is 12.5. The van der Waals surface area contributed by atoms with E-state index < -0.39 is 11.9 Å². The molecule has 1 aromatic carbocycles. The van der Waals surface area contributed by atoms with Crippen molar-refractivity contribution in [3.63, 3.8) is 0 Å². The molecule has 1 heterocycles. The number of nitrogens with zero attached hydrogens (tertiary/aromatic N) is 1. The highest BCUT2D eigenvalue weighted by Gasteiger charge is 2.27. The number of aliphatic hydroxyl groups excluding tert-OH is 1. The van der Waals surface area contributed by atoms with Gasteiger partial charge in [-0.05, 0) is 25.3 Å². The van der Waals surface area contributed by atoms with E-state index in [1.165, 1.54) is 0 Å². The Labute approximate surface area is 136 Å². The Kier molecular flexibility index (Phi) is 6.02. The average molecular weight is 317 g/mol. The predicted molar refractivity (Wildman–Crippen MR) is 88.1 cm³/mol. The first-order valence-electron chi connectivity index (χ1n) is 7.85. The molecule has 6 nitrogen and oxygen atoms in total. The van der Waals surface area contributed by atoms with Gasteiger partial charge < -0.3 is 20.1 Å². The van der Waals surface area contributed by atoms with Gasteiger partial charge in [-0.1, -0.05) is 30.3 Å². The number of ether oxygens (including phenoxy) is 1. The van der Waals surface area contributed by atoms with E-state index in [9.17, 15) is 9.90 Å². The van der Waals surface area contributed by atoms with Crippen molar-refractivity contribution in [3.8, 4) is 0 Å². The molecule has 0 spiro atoms. The molecule has 1 amide bonds. The molecule has 1 aliphatic rings. The van der Waals surface area contributed by atoms with Gasteiger partial charge in [-0.3, -0.25) is 10.2 Å². The summed E-state index contributed by atoms with van der Waals surface area (Å²) in [5, 5.41) is 21.0. The molecule has 124 valence electrons. The molecule has 1 aliphatic heterocycles. The monoisotopic (exact) mass is 317 g/mol. The highest BCUT2D eigenvalue weighted by molar-refractivity contribution is 6.19. The van der Waals surface area contributed by atoms with E-state index in [1.807, 2.05) is 30.3 Å². The van der Waals surface area contributed by atoms with E-state index in [1.54, 1.807) is 11.8 Å². The SMILES string of the molecule is CCO/C(O)=C(\C(=N)N1CCCC1)C(=O)NCc1ccccc1. The largest absolute Gasteiger partial charge is 0.480 e. The number of rotatable bonds is 6. The Bertz CT molecular complexity index is 578. The van der Waals surface area contributed by atoms with E-state index in [0.29, 0.717) is 19.6 Å². The number of carbonyl (C=O) groups excluding carboxylic acids is 1. The molecule has 0 radical (unpaired) electrons. The number of amides is 1. The second-order valence-electron chi connectivity index (χ2n) is 5.32. The van der Waals surface area contributed by atoms with Crippen LogP contribution in [0.15, 0.2) is 41.9 Å². The normalized spacial score (nSPS) is 15.1. The molecule has 23 heavy (non-hydrogen) atoms. The summed E-state index contributed by atoms with van der Waals surface area (Å²) in [4.78, 5) is 14.2. The lowest BCUT2D eigenvalue weighted by molar-refractivity contribution is -0.117. The van der Waals surface area contributed by atoms with Crippen LogP contribution in [0.2, 0.25) is 0 Å². The fourth-order valence-corrected chi connectivity index (χ4v) is 2.48. The summed E-state index contributed by atoms with van der Waals surface area (Å²) in [6.45, 7) is 3.71. The Morgan fingerprint density at radius 1 is 1.30 bits per heavy atom. The number of nitrogens with one attached hydrogen (secondary N) is 2. The van der Waals surface area contributed by atoms with Crippen molar-refractivity contribution < 1.29 is 14.6 Å². The van der Waals surface area contributed by atoms with Crippen LogP contribution >= 0.6 is 0 Å². The third kappa shape index (κ3) is 4.48. The average Bonchev–Trinajstić information content (AvgIpc) is 3.09. The molecule has 1 saturated heterocycles. The van der Waals surface area contributed by atoms with Crippen molar-refractivity contribution in [2.75, 3.05) is 19.7 Å². The molecular weight excluding hydrogens is 294 g/mol. The van der Waals surface area contributed by atoms with E-state index >= 15 is 0 Å². The van der Waals surface area contributed by atoms with E-state index in [0.717, 1.165) is 18.4 Å². The van der Waals surface area contributed by atoms with Crippen LogP contribution in [0.5, 0.6) is 0 Å². The topological polar surface area (TPSA) is 85.7 Å². The number of aliphatic hydroxyl groups is 1. The molecule has 3 N–H and O–H groups in total. The minimum Gasteiger partial charge on any atom is -0.480 e. The van der Waals surface area contributed by atoms with Crippen molar-refractivity contribution in [1.82, 2.24) is 10.2 Å². The summed E-state index contributed by atoms with van der Waals surface area (Å²) >= 11 is 0. The summed E-state index contributed by atoms with van der Waals surface area (Å²) < 4.78 is 5.06.